The molecular formula is C10H15V-. The number of hydrogen-bond acceptors (Lipinski definition) is 0. The zero-order valence-corrected chi connectivity index (χ0v) is 8.75. The minimum absolute atomic E-state index is 0. The van der Waals surface area contributed by atoms with Crippen molar-refractivity contribution < 1.29 is 18.6 Å². The minimum Gasteiger partial charge on any atom is -0.250 e. The van der Waals surface area contributed by atoms with E-state index in [0.717, 1.165) is 6.42 Å². The summed E-state index contributed by atoms with van der Waals surface area (Å²) in [5, 5.41) is 0. The average Bonchev–Trinajstić information content (AvgIpc) is 2.31. The second-order valence-corrected chi connectivity index (χ2v) is 2.94. The molecule has 1 radical (unpaired) electrons. The largest absolute Gasteiger partial charge is 0.250 e. The number of hydrogen-bond donors (Lipinski definition) is 0. The Morgan fingerprint density at radius 2 is 2.27 bits per heavy atom. The first-order valence-electron chi connectivity index (χ1n) is 4.11. The number of allylic oxidation sites excluding steroid dienone is 4. The van der Waals surface area contributed by atoms with Gasteiger partial charge in [0.05, 0.1) is 0 Å². The summed E-state index contributed by atoms with van der Waals surface area (Å²) in [6.45, 7) is 4.38. The molecule has 0 aliphatic heterocycles. The molecule has 1 aliphatic rings. The van der Waals surface area contributed by atoms with E-state index in [0.29, 0.717) is 0 Å². The maximum Gasteiger partial charge on any atom is 0 e. The Kier molecular flexibility index (Phi) is 5.71. The fourth-order valence-corrected chi connectivity index (χ4v) is 1.18. The van der Waals surface area contributed by atoms with Gasteiger partial charge in [-0.25, -0.2) is 17.7 Å². The van der Waals surface area contributed by atoms with Gasteiger partial charge in [0, 0.05) is 18.6 Å². The summed E-state index contributed by atoms with van der Waals surface area (Å²) in [6.07, 6.45) is 10.6. The van der Waals surface area contributed by atoms with E-state index in [9.17, 15) is 0 Å². The second-order valence-electron chi connectivity index (χ2n) is 2.94. The standard InChI is InChI=1S/C10H15.V/c1-3-4-5-10-7-6-9(2)8-10;/h7H,3-6H2,1-2H3;/q-1;. The van der Waals surface area contributed by atoms with E-state index < -0.39 is 0 Å². The average molecular weight is 186 g/mol. The third kappa shape index (κ3) is 3.83. The van der Waals surface area contributed by atoms with Gasteiger partial charge in [-0.1, -0.05) is 39.5 Å². The molecule has 0 nitrogen and oxygen atoms in total. The topological polar surface area (TPSA) is 0 Å². The molecule has 0 heterocycles. The normalized spacial score (nSPS) is 15.5. The molecular weight excluding hydrogens is 171 g/mol. The fraction of sp³-hybridized carbons (Fsp3) is 0.600. The van der Waals surface area contributed by atoms with Gasteiger partial charge in [0.25, 0.3) is 0 Å². The van der Waals surface area contributed by atoms with Gasteiger partial charge in [-0.05, 0) is 0 Å². The van der Waals surface area contributed by atoms with Crippen LogP contribution in [0.25, 0.3) is 0 Å². The van der Waals surface area contributed by atoms with Crippen molar-refractivity contribution in [1.82, 2.24) is 0 Å². The summed E-state index contributed by atoms with van der Waals surface area (Å²) >= 11 is 0. The molecule has 61 valence electrons. The van der Waals surface area contributed by atoms with Crippen LogP contribution >= 0.6 is 0 Å². The van der Waals surface area contributed by atoms with Gasteiger partial charge in [-0.15, -0.1) is 0 Å². The van der Waals surface area contributed by atoms with Crippen LogP contribution in [0.2, 0.25) is 0 Å². The molecule has 1 aliphatic carbocycles. The Morgan fingerprint density at radius 1 is 1.55 bits per heavy atom. The summed E-state index contributed by atoms with van der Waals surface area (Å²) in [7, 11) is 0. The Morgan fingerprint density at radius 3 is 2.73 bits per heavy atom. The van der Waals surface area contributed by atoms with E-state index >= 15 is 0 Å². The van der Waals surface area contributed by atoms with Gasteiger partial charge in [0.2, 0.25) is 0 Å². The van der Waals surface area contributed by atoms with Crippen molar-refractivity contribution >= 4 is 0 Å². The first kappa shape index (κ1) is 11.1. The zero-order valence-electron chi connectivity index (χ0n) is 7.35. The molecule has 0 atom stereocenters. The Hall–Kier alpha value is 0.0644. The SMILES string of the molecule is CCCCC1=CCC(C)=[C-]1.[V]. The van der Waals surface area contributed by atoms with Crippen molar-refractivity contribution in [3.05, 3.63) is 23.3 Å². The molecule has 0 fully saturated rings. The van der Waals surface area contributed by atoms with Crippen LogP contribution in [0.1, 0.15) is 39.5 Å². The maximum atomic E-state index is 3.37. The number of rotatable bonds is 3. The molecule has 0 saturated heterocycles. The fourth-order valence-electron chi connectivity index (χ4n) is 1.18. The first-order chi connectivity index (χ1) is 4.83. The van der Waals surface area contributed by atoms with Gasteiger partial charge in [0.1, 0.15) is 0 Å². The van der Waals surface area contributed by atoms with Crippen LogP contribution in [0.5, 0.6) is 0 Å². The van der Waals surface area contributed by atoms with E-state index in [2.05, 4.69) is 26.0 Å². The van der Waals surface area contributed by atoms with Crippen LogP contribution in [0.3, 0.4) is 0 Å². The minimum atomic E-state index is 0. The van der Waals surface area contributed by atoms with E-state index in [4.69, 9.17) is 0 Å². The van der Waals surface area contributed by atoms with Crippen LogP contribution in [-0.4, -0.2) is 0 Å². The molecule has 0 aromatic carbocycles. The molecule has 0 saturated carbocycles. The van der Waals surface area contributed by atoms with Crippen molar-refractivity contribution in [1.29, 1.82) is 0 Å². The number of unbranched alkanes of at least 4 members (excludes halogenated alkanes) is 1. The monoisotopic (exact) mass is 186 g/mol. The molecule has 0 aromatic rings. The van der Waals surface area contributed by atoms with E-state index in [1.165, 1.54) is 30.4 Å². The van der Waals surface area contributed by atoms with Crippen molar-refractivity contribution in [3.63, 3.8) is 0 Å². The first-order valence-corrected chi connectivity index (χ1v) is 4.11. The molecule has 0 N–H and O–H groups in total. The van der Waals surface area contributed by atoms with Crippen LogP contribution < -0.4 is 0 Å². The van der Waals surface area contributed by atoms with Gasteiger partial charge < -0.3 is 0 Å². The third-order valence-electron chi connectivity index (χ3n) is 1.83. The van der Waals surface area contributed by atoms with E-state index in [-0.39, 0.29) is 18.6 Å². The molecule has 0 aromatic heterocycles. The van der Waals surface area contributed by atoms with Crippen molar-refractivity contribution in [2.24, 2.45) is 0 Å². The van der Waals surface area contributed by atoms with Gasteiger partial charge >= 0.3 is 0 Å². The molecule has 0 spiro atoms. The molecule has 11 heavy (non-hydrogen) atoms. The predicted octanol–water partition coefficient (Wildman–Crippen LogP) is 3.25. The van der Waals surface area contributed by atoms with Crippen molar-refractivity contribution in [2.75, 3.05) is 0 Å². The molecule has 0 amide bonds. The Bertz CT molecular complexity index is 166. The summed E-state index contributed by atoms with van der Waals surface area (Å²) in [5.74, 6) is 0. The molecule has 1 heteroatoms. The van der Waals surface area contributed by atoms with E-state index in [1.807, 2.05) is 0 Å². The van der Waals surface area contributed by atoms with Crippen LogP contribution in [0.4, 0.5) is 0 Å². The van der Waals surface area contributed by atoms with Crippen LogP contribution in [0.15, 0.2) is 17.2 Å². The van der Waals surface area contributed by atoms with Crippen LogP contribution in [0, 0.1) is 6.08 Å². The van der Waals surface area contributed by atoms with Crippen molar-refractivity contribution in [3.8, 4) is 0 Å². The maximum absolute atomic E-state index is 3.37. The Labute approximate surface area is 81.6 Å². The summed E-state index contributed by atoms with van der Waals surface area (Å²) in [4.78, 5) is 0. The quantitative estimate of drug-likeness (QED) is 0.593. The van der Waals surface area contributed by atoms with Gasteiger partial charge in [-0.3, -0.25) is 0 Å². The molecule has 1 rings (SSSR count). The zero-order chi connectivity index (χ0) is 7.40. The van der Waals surface area contributed by atoms with Gasteiger partial charge in [0.15, 0.2) is 0 Å². The van der Waals surface area contributed by atoms with E-state index in [1.54, 1.807) is 0 Å². The second kappa shape index (κ2) is 5.68. The van der Waals surface area contributed by atoms with Crippen LogP contribution in [-0.2, 0) is 18.6 Å². The van der Waals surface area contributed by atoms with Gasteiger partial charge in [-0.2, -0.15) is 5.57 Å². The third-order valence-corrected chi connectivity index (χ3v) is 1.83. The summed E-state index contributed by atoms with van der Waals surface area (Å²) in [6, 6.07) is 0. The summed E-state index contributed by atoms with van der Waals surface area (Å²) in [5.41, 5.74) is 2.82. The predicted molar refractivity (Wildman–Crippen MR) is 44.7 cm³/mol. The van der Waals surface area contributed by atoms with Crippen molar-refractivity contribution in [2.45, 2.75) is 39.5 Å². The summed E-state index contributed by atoms with van der Waals surface area (Å²) < 4.78 is 0. The Balaban J connectivity index is 0.000001000. The smallest absolute Gasteiger partial charge is 0 e. The molecule has 0 unspecified atom stereocenters. The molecule has 0 bridgehead atoms.